The number of likely N-dealkylation sites (N-methyl/N-ethyl adjacent to an activating group) is 1. The molecular formula is C14H20N6O. The first kappa shape index (κ1) is 15.0. The van der Waals surface area contributed by atoms with E-state index in [1.54, 1.807) is 7.05 Å². The highest BCUT2D eigenvalue weighted by molar-refractivity contribution is 5.92. The minimum absolute atomic E-state index is 0.0617. The van der Waals surface area contributed by atoms with Gasteiger partial charge in [0, 0.05) is 19.0 Å². The maximum atomic E-state index is 11.7. The van der Waals surface area contributed by atoms with E-state index in [9.17, 15) is 4.79 Å². The van der Waals surface area contributed by atoms with Crippen LogP contribution in [0, 0.1) is 0 Å². The minimum Gasteiger partial charge on any atom is -0.358 e. The number of carbonyl (C=O) groups excluding carboxylic acids is 1. The van der Waals surface area contributed by atoms with Crippen LogP contribution in [0.1, 0.15) is 13.3 Å². The largest absolute Gasteiger partial charge is 0.358 e. The molecule has 0 aliphatic heterocycles. The highest BCUT2D eigenvalue weighted by atomic mass is 16.1. The summed E-state index contributed by atoms with van der Waals surface area (Å²) in [5.74, 6) is 6.42. The van der Waals surface area contributed by atoms with Gasteiger partial charge in [0.05, 0.1) is 12.1 Å². The van der Waals surface area contributed by atoms with Crippen LogP contribution >= 0.6 is 0 Å². The molecule has 7 heteroatoms. The summed E-state index contributed by atoms with van der Waals surface area (Å²) in [4.78, 5) is 22.4. The van der Waals surface area contributed by atoms with Crippen LogP contribution in [0.5, 0.6) is 0 Å². The Bertz CT molecular complexity index is 630. The number of fused-ring (bicyclic) bond motifs is 1. The van der Waals surface area contributed by atoms with E-state index < -0.39 is 0 Å². The molecule has 0 bridgehead atoms. The molecule has 1 aromatic carbocycles. The number of nitrogens with two attached hydrogens (primary N) is 1. The molecule has 1 amide bonds. The number of hydrogen-bond donors (Lipinski definition) is 3. The second kappa shape index (κ2) is 6.85. The average molecular weight is 288 g/mol. The molecule has 0 spiro atoms. The van der Waals surface area contributed by atoms with Crippen molar-refractivity contribution in [3.8, 4) is 0 Å². The lowest BCUT2D eigenvalue weighted by atomic mass is 10.2. The fourth-order valence-corrected chi connectivity index (χ4v) is 2.15. The first-order valence-electron chi connectivity index (χ1n) is 6.88. The number of nitrogens with one attached hydrogen (secondary N) is 2. The molecule has 21 heavy (non-hydrogen) atoms. The minimum atomic E-state index is -0.0617. The van der Waals surface area contributed by atoms with Gasteiger partial charge in [-0.1, -0.05) is 19.1 Å². The second-order valence-electron chi connectivity index (χ2n) is 4.63. The molecule has 112 valence electrons. The Morgan fingerprint density at radius 3 is 2.76 bits per heavy atom. The van der Waals surface area contributed by atoms with Gasteiger partial charge in [-0.25, -0.2) is 10.8 Å². The predicted octanol–water partition coefficient (Wildman–Crippen LogP) is 0.878. The Balaban J connectivity index is 2.51. The zero-order valence-electron chi connectivity index (χ0n) is 12.3. The van der Waals surface area contributed by atoms with E-state index in [1.807, 2.05) is 29.2 Å². The van der Waals surface area contributed by atoms with E-state index in [0.717, 1.165) is 23.9 Å². The third kappa shape index (κ3) is 3.38. The fourth-order valence-electron chi connectivity index (χ4n) is 2.15. The number of anilines is 2. The Morgan fingerprint density at radius 2 is 2.10 bits per heavy atom. The van der Waals surface area contributed by atoms with Crippen LogP contribution in [0.25, 0.3) is 10.9 Å². The van der Waals surface area contributed by atoms with Gasteiger partial charge in [0.25, 0.3) is 0 Å². The van der Waals surface area contributed by atoms with Gasteiger partial charge < -0.3 is 10.2 Å². The maximum Gasteiger partial charge on any atom is 0.239 e. The smallest absolute Gasteiger partial charge is 0.239 e. The van der Waals surface area contributed by atoms with Crippen molar-refractivity contribution in [2.45, 2.75) is 13.3 Å². The number of amides is 1. The van der Waals surface area contributed by atoms with E-state index in [-0.39, 0.29) is 12.5 Å². The third-order valence-corrected chi connectivity index (χ3v) is 3.12. The standard InChI is InChI=1S/C14H20N6O/c1-3-8-20(9-12(21)16-2)13-10-6-4-5-7-11(10)17-14(18-13)19-15/h4-7H,3,8-9,15H2,1-2H3,(H,16,21)(H,17,18,19). The first-order valence-corrected chi connectivity index (χ1v) is 6.88. The van der Waals surface area contributed by atoms with Crippen LogP contribution in [0.4, 0.5) is 11.8 Å². The molecule has 0 radical (unpaired) electrons. The number of benzene rings is 1. The number of hydrazine groups is 1. The van der Waals surface area contributed by atoms with Crippen LogP contribution < -0.4 is 21.5 Å². The number of rotatable bonds is 6. The van der Waals surface area contributed by atoms with Crippen molar-refractivity contribution in [3.63, 3.8) is 0 Å². The molecule has 2 rings (SSSR count). The Kier molecular flexibility index (Phi) is 4.89. The summed E-state index contributed by atoms with van der Waals surface area (Å²) in [5.41, 5.74) is 3.26. The van der Waals surface area contributed by atoms with Crippen molar-refractivity contribution in [1.82, 2.24) is 15.3 Å². The van der Waals surface area contributed by atoms with Crippen molar-refractivity contribution in [1.29, 1.82) is 0 Å². The molecule has 0 fully saturated rings. The predicted molar refractivity (Wildman–Crippen MR) is 83.9 cm³/mol. The van der Waals surface area contributed by atoms with Gasteiger partial charge in [-0.3, -0.25) is 10.2 Å². The molecule has 7 nitrogen and oxygen atoms in total. The van der Waals surface area contributed by atoms with Gasteiger partial charge >= 0.3 is 0 Å². The van der Waals surface area contributed by atoms with Crippen LogP contribution in [-0.4, -0.2) is 36.0 Å². The molecule has 4 N–H and O–H groups in total. The van der Waals surface area contributed by atoms with Gasteiger partial charge in [0.2, 0.25) is 11.9 Å². The van der Waals surface area contributed by atoms with Crippen LogP contribution in [0.15, 0.2) is 24.3 Å². The van der Waals surface area contributed by atoms with Gasteiger partial charge in [-0.05, 0) is 18.6 Å². The van der Waals surface area contributed by atoms with E-state index in [4.69, 9.17) is 5.84 Å². The van der Waals surface area contributed by atoms with Gasteiger partial charge in [0.15, 0.2) is 0 Å². The zero-order chi connectivity index (χ0) is 15.2. The molecular weight excluding hydrogens is 268 g/mol. The average Bonchev–Trinajstić information content (AvgIpc) is 2.53. The maximum absolute atomic E-state index is 11.7. The third-order valence-electron chi connectivity index (χ3n) is 3.12. The van der Waals surface area contributed by atoms with E-state index >= 15 is 0 Å². The molecule has 2 aromatic rings. The molecule has 1 heterocycles. The Hall–Kier alpha value is -2.41. The highest BCUT2D eigenvalue weighted by Crippen LogP contribution is 2.25. The summed E-state index contributed by atoms with van der Waals surface area (Å²) in [6.45, 7) is 3.02. The number of nitrogens with zero attached hydrogens (tertiary/aromatic N) is 3. The SMILES string of the molecule is CCCN(CC(=O)NC)c1nc(NN)nc2ccccc12. The topological polar surface area (TPSA) is 96.2 Å². The van der Waals surface area contributed by atoms with E-state index in [2.05, 4.69) is 27.6 Å². The van der Waals surface area contributed by atoms with Crippen molar-refractivity contribution in [3.05, 3.63) is 24.3 Å². The summed E-state index contributed by atoms with van der Waals surface area (Å²) < 4.78 is 0. The normalized spacial score (nSPS) is 10.4. The summed E-state index contributed by atoms with van der Waals surface area (Å²) in [7, 11) is 1.62. The molecule has 0 aliphatic rings. The first-order chi connectivity index (χ1) is 10.2. The van der Waals surface area contributed by atoms with Crippen LogP contribution in [0.3, 0.4) is 0 Å². The van der Waals surface area contributed by atoms with Crippen molar-refractivity contribution >= 4 is 28.6 Å². The van der Waals surface area contributed by atoms with Crippen LogP contribution in [-0.2, 0) is 4.79 Å². The van der Waals surface area contributed by atoms with Crippen molar-refractivity contribution < 1.29 is 4.79 Å². The fraction of sp³-hybridized carbons (Fsp3) is 0.357. The van der Waals surface area contributed by atoms with Gasteiger partial charge in [-0.2, -0.15) is 4.98 Å². The van der Waals surface area contributed by atoms with E-state index in [0.29, 0.717) is 11.8 Å². The lowest BCUT2D eigenvalue weighted by Gasteiger charge is -2.24. The lowest BCUT2D eigenvalue weighted by Crippen LogP contribution is -2.37. The molecule has 0 saturated heterocycles. The molecule has 0 aliphatic carbocycles. The van der Waals surface area contributed by atoms with E-state index in [1.165, 1.54) is 0 Å². The summed E-state index contributed by atoms with van der Waals surface area (Å²) in [5, 5.41) is 3.53. The summed E-state index contributed by atoms with van der Waals surface area (Å²) in [6.07, 6.45) is 0.903. The number of aromatic nitrogens is 2. The molecule has 0 atom stereocenters. The molecule has 0 unspecified atom stereocenters. The molecule has 1 aromatic heterocycles. The second-order valence-corrected chi connectivity index (χ2v) is 4.63. The lowest BCUT2D eigenvalue weighted by molar-refractivity contribution is -0.119. The van der Waals surface area contributed by atoms with Gasteiger partial charge in [-0.15, -0.1) is 0 Å². The Morgan fingerprint density at radius 1 is 1.33 bits per heavy atom. The van der Waals surface area contributed by atoms with Gasteiger partial charge in [0.1, 0.15) is 5.82 Å². The monoisotopic (exact) mass is 288 g/mol. The highest BCUT2D eigenvalue weighted by Gasteiger charge is 2.16. The summed E-state index contributed by atoms with van der Waals surface area (Å²) in [6, 6.07) is 7.67. The molecule has 0 saturated carbocycles. The number of nitrogen functional groups attached to an aromatic ring is 1. The zero-order valence-corrected chi connectivity index (χ0v) is 12.3. The number of hydrogen-bond acceptors (Lipinski definition) is 6. The number of para-hydroxylation sites is 1. The Labute approximate surface area is 123 Å². The number of carbonyl (C=O) groups is 1. The van der Waals surface area contributed by atoms with Crippen molar-refractivity contribution in [2.24, 2.45) is 5.84 Å². The quantitative estimate of drug-likeness (QED) is 0.539. The van der Waals surface area contributed by atoms with Crippen LogP contribution in [0.2, 0.25) is 0 Å². The van der Waals surface area contributed by atoms with Crippen molar-refractivity contribution in [2.75, 3.05) is 30.5 Å². The summed E-state index contributed by atoms with van der Waals surface area (Å²) >= 11 is 0.